The third-order valence-electron chi connectivity index (χ3n) is 3.46. The van der Waals surface area contributed by atoms with Crippen LogP contribution in [0.5, 0.6) is 0 Å². The van der Waals surface area contributed by atoms with Gasteiger partial charge in [0.05, 0.1) is 4.88 Å². The van der Waals surface area contributed by atoms with Crippen molar-refractivity contribution >= 4 is 29.3 Å². The summed E-state index contributed by atoms with van der Waals surface area (Å²) >= 11 is 1.32. The quantitative estimate of drug-likeness (QED) is 0.843. The SMILES string of the molecule is CC(C1CC1)N(C)C(=O)c1ccc(C=CC(=O)O)s1. The van der Waals surface area contributed by atoms with E-state index in [0.29, 0.717) is 10.8 Å². The van der Waals surface area contributed by atoms with Gasteiger partial charge in [0, 0.05) is 24.0 Å². The summed E-state index contributed by atoms with van der Waals surface area (Å²) in [5.41, 5.74) is 0. The molecule has 1 saturated carbocycles. The molecular weight excluding hydrogens is 262 g/mol. The Bertz CT molecular complexity index is 517. The first kappa shape index (κ1) is 13.8. The molecule has 1 aromatic heterocycles. The lowest BCUT2D eigenvalue weighted by Gasteiger charge is -2.24. The van der Waals surface area contributed by atoms with Crippen molar-refractivity contribution in [3.8, 4) is 0 Å². The van der Waals surface area contributed by atoms with Gasteiger partial charge in [-0.2, -0.15) is 0 Å². The van der Waals surface area contributed by atoms with Crippen LogP contribution in [0, 0.1) is 5.92 Å². The fraction of sp³-hybridized carbons (Fsp3) is 0.429. The Balaban J connectivity index is 2.04. The van der Waals surface area contributed by atoms with Crippen LogP contribution < -0.4 is 0 Å². The van der Waals surface area contributed by atoms with E-state index >= 15 is 0 Å². The minimum absolute atomic E-state index is 0.0133. The van der Waals surface area contributed by atoms with Gasteiger partial charge in [-0.3, -0.25) is 4.79 Å². The molecule has 1 aromatic rings. The van der Waals surface area contributed by atoms with Crippen molar-refractivity contribution in [2.75, 3.05) is 7.05 Å². The number of rotatable bonds is 5. The number of nitrogens with zero attached hydrogens (tertiary/aromatic N) is 1. The molecule has 1 aliphatic carbocycles. The lowest BCUT2D eigenvalue weighted by molar-refractivity contribution is -0.131. The molecule has 1 atom stereocenters. The molecule has 1 unspecified atom stereocenters. The molecule has 1 fully saturated rings. The van der Waals surface area contributed by atoms with Crippen LogP contribution in [0.4, 0.5) is 0 Å². The zero-order chi connectivity index (χ0) is 14.0. The topological polar surface area (TPSA) is 57.6 Å². The molecule has 1 heterocycles. The van der Waals surface area contributed by atoms with Crippen LogP contribution in [0.3, 0.4) is 0 Å². The fourth-order valence-corrected chi connectivity index (χ4v) is 2.86. The molecule has 1 amide bonds. The predicted octanol–water partition coefficient (Wildman–Crippen LogP) is 2.72. The first-order chi connectivity index (χ1) is 8.99. The maximum absolute atomic E-state index is 12.3. The van der Waals surface area contributed by atoms with Crippen LogP contribution in [-0.2, 0) is 4.79 Å². The summed E-state index contributed by atoms with van der Waals surface area (Å²) in [4.78, 5) is 25.9. The molecule has 2 rings (SSSR count). The van der Waals surface area contributed by atoms with Gasteiger partial charge >= 0.3 is 5.97 Å². The Morgan fingerprint density at radius 3 is 2.74 bits per heavy atom. The summed E-state index contributed by atoms with van der Waals surface area (Å²) in [6.07, 6.45) is 5.00. The highest BCUT2D eigenvalue weighted by Crippen LogP contribution is 2.35. The van der Waals surface area contributed by atoms with E-state index in [1.54, 1.807) is 17.0 Å². The zero-order valence-electron chi connectivity index (χ0n) is 11.0. The number of hydrogen-bond acceptors (Lipinski definition) is 3. The molecule has 0 radical (unpaired) electrons. The Kier molecular flexibility index (Phi) is 4.04. The molecule has 0 aliphatic heterocycles. The minimum Gasteiger partial charge on any atom is -0.478 e. The monoisotopic (exact) mass is 279 g/mol. The number of carbonyl (C=O) groups is 2. The molecule has 102 valence electrons. The van der Waals surface area contributed by atoms with E-state index < -0.39 is 5.97 Å². The first-order valence-corrected chi connectivity index (χ1v) is 7.08. The van der Waals surface area contributed by atoms with E-state index in [0.717, 1.165) is 11.0 Å². The van der Waals surface area contributed by atoms with Gasteiger partial charge < -0.3 is 10.0 Å². The zero-order valence-corrected chi connectivity index (χ0v) is 11.8. The standard InChI is InChI=1S/C14H17NO3S/c1-9(10-3-4-10)15(2)14(18)12-7-5-11(19-12)6-8-13(16)17/h5-10H,3-4H2,1-2H3,(H,16,17). The van der Waals surface area contributed by atoms with Crippen molar-refractivity contribution < 1.29 is 14.7 Å². The molecular formula is C14H17NO3S. The molecule has 19 heavy (non-hydrogen) atoms. The summed E-state index contributed by atoms with van der Waals surface area (Å²) in [7, 11) is 1.83. The number of amides is 1. The van der Waals surface area contributed by atoms with Crippen LogP contribution in [0.2, 0.25) is 0 Å². The summed E-state index contributed by atoms with van der Waals surface area (Å²) in [6.45, 7) is 2.08. The second-order valence-electron chi connectivity index (χ2n) is 4.87. The van der Waals surface area contributed by atoms with E-state index in [9.17, 15) is 9.59 Å². The van der Waals surface area contributed by atoms with Crippen LogP contribution >= 0.6 is 11.3 Å². The molecule has 0 saturated heterocycles. The second-order valence-corrected chi connectivity index (χ2v) is 5.98. The molecule has 0 spiro atoms. The van der Waals surface area contributed by atoms with Gasteiger partial charge in [-0.25, -0.2) is 4.79 Å². The number of carbonyl (C=O) groups excluding carboxylic acids is 1. The highest BCUT2D eigenvalue weighted by atomic mass is 32.1. The number of aliphatic carboxylic acids is 1. The lowest BCUT2D eigenvalue weighted by atomic mass is 10.2. The average Bonchev–Trinajstić information content (AvgIpc) is 3.12. The van der Waals surface area contributed by atoms with E-state index in [1.807, 2.05) is 7.05 Å². The summed E-state index contributed by atoms with van der Waals surface area (Å²) in [5.74, 6) is -0.333. The Morgan fingerprint density at radius 1 is 1.47 bits per heavy atom. The molecule has 1 N–H and O–H groups in total. The number of carboxylic acids is 1. The van der Waals surface area contributed by atoms with Gasteiger partial charge in [0.15, 0.2) is 0 Å². The average molecular weight is 279 g/mol. The third kappa shape index (κ3) is 3.44. The maximum atomic E-state index is 12.3. The summed E-state index contributed by atoms with van der Waals surface area (Å²) in [5, 5.41) is 8.56. The van der Waals surface area contributed by atoms with Crippen LogP contribution in [0.25, 0.3) is 6.08 Å². The number of hydrogen-bond donors (Lipinski definition) is 1. The van der Waals surface area contributed by atoms with Crippen LogP contribution in [0.15, 0.2) is 18.2 Å². The van der Waals surface area contributed by atoms with E-state index in [4.69, 9.17) is 5.11 Å². The van der Waals surface area contributed by atoms with Gasteiger partial charge in [0.1, 0.15) is 0 Å². The van der Waals surface area contributed by atoms with Crippen molar-refractivity contribution in [2.45, 2.75) is 25.8 Å². The van der Waals surface area contributed by atoms with Gasteiger partial charge in [0.25, 0.3) is 5.91 Å². The normalized spacial score (nSPS) is 16.5. The van der Waals surface area contributed by atoms with Gasteiger partial charge in [0.2, 0.25) is 0 Å². The largest absolute Gasteiger partial charge is 0.478 e. The van der Waals surface area contributed by atoms with Gasteiger partial charge in [-0.05, 0) is 43.9 Å². The van der Waals surface area contributed by atoms with Crippen molar-refractivity contribution in [3.05, 3.63) is 28.0 Å². The van der Waals surface area contributed by atoms with E-state index in [-0.39, 0.29) is 11.9 Å². The van der Waals surface area contributed by atoms with Crippen molar-refractivity contribution in [3.63, 3.8) is 0 Å². The third-order valence-corrected chi connectivity index (χ3v) is 4.50. The van der Waals surface area contributed by atoms with Crippen LogP contribution in [0.1, 0.15) is 34.3 Å². The smallest absolute Gasteiger partial charge is 0.328 e. The maximum Gasteiger partial charge on any atom is 0.328 e. The van der Waals surface area contributed by atoms with E-state index in [1.165, 1.54) is 30.3 Å². The predicted molar refractivity (Wildman–Crippen MR) is 75.3 cm³/mol. The molecule has 5 heteroatoms. The van der Waals surface area contributed by atoms with Crippen molar-refractivity contribution in [1.82, 2.24) is 4.90 Å². The molecule has 4 nitrogen and oxygen atoms in total. The second kappa shape index (κ2) is 5.57. The Morgan fingerprint density at radius 2 is 2.16 bits per heavy atom. The molecule has 1 aliphatic rings. The molecule has 0 aromatic carbocycles. The number of thiophene rings is 1. The van der Waals surface area contributed by atoms with Gasteiger partial charge in [-0.1, -0.05) is 0 Å². The summed E-state index contributed by atoms with van der Waals surface area (Å²) in [6, 6.07) is 3.80. The van der Waals surface area contributed by atoms with Crippen molar-refractivity contribution in [2.24, 2.45) is 5.92 Å². The number of carboxylic acid groups (broad SMARTS) is 1. The van der Waals surface area contributed by atoms with Crippen molar-refractivity contribution in [1.29, 1.82) is 0 Å². The highest BCUT2D eigenvalue weighted by Gasteiger charge is 2.32. The Labute approximate surface area is 116 Å². The summed E-state index contributed by atoms with van der Waals surface area (Å²) < 4.78 is 0. The van der Waals surface area contributed by atoms with E-state index in [2.05, 4.69) is 6.92 Å². The first-order valence-electron chi connectivity index (χ1n) is 6.27. The fourth-order valence-electron chi connectivity index (χ4n) is 1.96. The van der Waals surface area contributed by atoms with Crippen LogP contribution in [-0.4, -0.2) is 35.0 Å². The highest BCUT2D eigenvalue weighted by molar-refractivity contribution is 7.14. The minimum atomic E-state index is -0.985. The Hall–Kier alpha value is -1.62. The van der Waals surface area contributed by atoms with Gasteiger partial charge in [-0.15, -0.1) is 11.3 Å². The lowest BCUT2D eigenvalue weighted by Crippen LogP contribution is -2.35. The molecule has 0 bridgehead atoms.